The Morgan fingerprint density at radius 3 is 2.48 bits per heavy atom. The van der Waals surface area contributed by atoms with Crippen molar-refractivity contribution in [1.82, 2.24) is 10.2 Å². The van der Waals surface area contributed by atoms with Gasteiger partial charge in [-0.1, -0.05) is 12.1 Å². The highest BCUT2D eigenvalue weighted by molar-refractivity contribution is 7.91. The summed E-state index contributed by atoms with van der Waals surface area (Å²) in [6.07, 6.45) is 0.371. The van der Waals surface area contributed by atoms with Crippen LogP contribution in [-0.2, 0) is 26.0 Å². The Hall–Kier alpha value is -2.09. The van der Waals surface area contributed by atoms with Gasteiger partial charge in [0.1, 0.15) is 5.75 Å². The predicted octanol–water partition coefficient (Wildman–Crippen LogP) is -0.0431. The molecule has 1 fully saturated rings. The van der Waals surface area contributed by atoms with Crippen LogP contribution in [0, 0.1) is 0 Å². The number of carbonyl (C=O) groups is 2. The van der Waals surface area contributed by atoms with Crippen LogP contribution in [0.3, 0.4) is 0 Å². The maximum absolute atomic E-state index is 12.1. The Labute approximate surface area is 135 Å². The zero-order valence-electron chi connectivity index (χ0n) is 13.1. The Morgan fingerprint density at radius 1 is 1.30 bits per heavy atom. The minimum Gasteiger partial charge on any atom is -0.497 e. The van der Waals surface area contributed by atoms with Gasteiger partial charge < -0.3 is 15.0 Å². The maximum atomic E-state index is 12.1. The van der Waals surface area contributed by atoms with Crippen LogP contribution < -0.4 is 10.1 Å². The summed E-state index contributed by atoms with van der Waals surface area (Å²) in [6.45, 7) is 0.214. The van der Waals surface area contributed by atoms with Crippen LogP contribution in [0.1, 0.15) is 12.0 Å². The number of hydrogen-bond donors (Lipinski definition) is 1. The summed E-state index contributed by atoms with van der Waals surface area (Å²) >= 11 is 0. The number of rotatable bonds is 4. The van der Waals surface area contributed by atoms with Crippen molar-refractivity contribution >= 4 is 21.7 Å². The van der Waals surface area contributed by atoms with Gasteiger partial charge >= 0.3 is 11.8 Å². The molecule has 2 rings (SSSR count). The van der Waals surface area contributed by atoms with Crippen molar-refractivity contribution in [2.45, 2.75) is 19.0 Å². The number of methoxy groups -OCH3 is 1. The van der Waals surface area contributed by atoms with E-state index in [1.807, 2.05) is 0 Å². The first-order valence-electron chi connectivity index (χ1n) is 7.21. The van der Waals surface area contributed by atoms with Gasteiger partial charge in [-0.3, -0.25) is 9.59 Å². The quantitative estimate of drug-likeness (QED) is 0.776. The normalized spacial score (nSPS) is 19.1. The molecule has 23 heavy (non-hydrogen) atoms. The highest BCUT2D eigenvalue weighted by Gasteiger charge is 2.34. The number of sulfone groups is 1. The average Bonchev–Trinajstić information content (AvgIpc) is 2.91. The fourth-order valence-corrected chi connectivity index (χ4v) is 4.18. The van der Waals surface area contributed by atoms with Gasteiger partial charge in [0.05, 0.1) is 18.6 Å². The maximum Gasteiger partial charge on any atom is 0.311 e. The zero-order chi connectivity index (χ0) is 17.0. The lowest BCUT2D eigenvalue weighted by molar-refractivity contribution is -0.146. The first kappa shape index (κ1) is 17.3. The highest BCUT2D eigenvalue weighted by Crippen LogP contribution is 2.16. The van der Waals surface area contributed by atoms with Crippen molar-refractivity contribution in [3.63, 3.8) is 0 Å². The second kappa shape index (κ2) is 6.99. The topological polar surface area (TPSA) is 92.8 Å². The molecule has 0 spiro atoms. The number of nitrogens with zero attached hydrogens (tertiary/aromatic N) is 1. The predicted molar refractivity (Wildman–Crippen MR) is 84.7 cm³/mol. The molecule has 8 heteroatoms. The Balaban J connectivity index is 1.88. The van der Waals surface area contributed by atoms with E-state index in [1.54, 1.807) is 31.4 Å². The first-order valence-corrected chi connectivity index (χ1v) is 9.03. The number of amides is 2. The van der Waals surface area contributed by atoms with Gasteiger partial charge in [0.25, 0.3) is 0 Å². The van der Waals surface area contributed by atoms with Crippen LogP contribution in [0.5, 0.6) is 5.75 Å². The molecule has 0 saturated carbocycles. The summed E-state index contributed by atoms with van der Waals surface area (Å²) in [4.78, 5) is 25.2. The van der Waals surface area contributed by atoms with Crippen LogP contribution in [-0.4, -0.2) is 56.8 Å². The van der Waals surface area contributed by atoms with Crippen LogP contribution in [0.15, 0.2) is 24.3 Å². The Morgan fingerprint density at radius 2 is 1.96 bits per heavy atom. The molecule has 1 aromatic rings. The van der Waals surface area contributed by atoms with Gasteiger partial charge in [0, 0.05) is 19.6 Å². The van der Waals surface area contributed by atoms with E-state index in [0.29, 0.717) is 12.2 Å². The molecule has 1 unspecified atom stereocenters. The molecule has 0 radical (unpaired) electrons. The van der Waals surface area contributed by atoms with E-state index < -0.39 is 27.7 Å². The molecule has 1 heterocycles. The third-order valence-electron chi connectivity index (χ3n) is 3.88. The van der Waals surface area contributed by atoms with E-state index in [4.69, 9.17) is 4.74 Å². The minimum atomic E-state index is -3.10. The Bertz CT molecular complexity index is 684. The largest absolute Gasteiger partial charge is 0.497 e. The third kappa shape index (κ3) is 4.44. The van der Waals surface area contributed by atoms with Gasteiger partial charge in [-0.05, 0) is 24.1 Å². The molecule has 1 aliphatic heterocycles. The molecule has 1 atom stereocenters. The number of benzene rings is 1. The van der Waals surface area contributed by atoms with E-state index in [0.717, 1.165) is 5.56 Å². The van der Waals surface area contributed by atoms with E-state index in [2.05, 4.69) is 5.32 Å². The van der Waals surface area contributed by atoms with Crippen molar-refractivity contribution in [3.8, 4) is 5.75 Å². The van der Waals surface area contributed by atoms with Gasteiger partial charge in [0.2, 0.25) is 0 Å². The average molecular weight is 340 g/mol. The molecule has 1 saturated heterocycles. The summed E-state index contributed by atoms with van der Waals surface area (Å²) in [6, 6.07) is 6.67. The summed E-state index contributed by atoms with van der Waals surface area (Å²) in [5.74, 6) is -0.782. The number of likely N-dealkylation sites (N-methyl/N-ethyl adjacent to an activating group) is 1. The van der Waals surface area contributed by atoms with Crippen LogP contribution in [0.25, 0.3) is 0 Å². The molecule has 7 nitrogen and oxygen atoms in total. The summed E-state index contributed by atoms with van der Waals surface area (Å²) in [5, 5.41) is 2.54. The van der Waals surface area contributed by atoms with Gasteiger partial charge in [0.15, 0.2) is 9.84 Å². The monoisotopic (exact) mass is 340 g/mol. The van der Waals surface area contributed by atoms with Gasteiger partial charge in [-0.15, -0.1) is 0 Å². The molecule has 1 aliphatic rings. The number of carbonyl (C=O) groups excluding carboxylic acids is 2. The molecule has 0 aliphatic carbocycles. The lowest BCUT2D eigenvalue weighted by atomic mass is 10.2. The van der Waals surface area contributed by atoms with E-state index in [-0.39, 0.29) is 18.1 Å². The first-order chi connectivity index (χ1) is 10.8. The van der Waals surface area contributed by atoms with Crippen LogP contribution in [0.2, 0.25) is 0 Å². The molecule has 0 bridgehead atoms. The van der Waals surface area contributed by atoms with Crippen molar-refractivity contribution in [1.29, 1.82) is 0 Å². The molecular weight excluding hydrogens is 320 g/mol. The van der Waals surface area contributed by atoms with Crippen LogP contribution >= 0.6 is 0 Å². The van der Waals surface area contributed by atoms with Crippen molar-refractivity contribution in [2.75, 3.05) is 25.7 Å². The second-order valence-corrected chi connectivity index (χ2v) is 7.73. The smallest absolute Gasteiger partial charge is 0.311 e. The number of ether oxygens (including phenoxy) is 1. The van der Waals surface area contributed by atoms with Crippen molar-refractivity contribution < 1.29 is 22.7 Å². The number of nitrogens with one attached hydrogen (secondary N) is 1. The molecule has 126 valence electrons. The summed E-state index contributed by atoms with van der Waals surface area (Å²) in [5.41, 5.74) is 0.832. The van der Waals surface area contributed by atoms with E-state index in [9.17, 15) is 18.0 Å². The molecule has 1 aromatic carbocycles. The van der Waals surface area contributed by atoms with Crippen molar-refractivity contribution in [3.05, 3.63) is 29.8 Å². The highest BCUT2D eigenvalue weighted by atomic mass is 32.2. The molecule has 1 N–H and O–H groups in total. The summed E-state index contributed by atoms with van der Waals surface area (Å²) in [7, 11) is -0.0759. The van der Waals surface area contributed by atoms with Gasteiger partial charge in [-0.25, -0.2) is 8.42 Å². The third-order valence-corrected chi connectivity index (χ3v) is 5.63. The molecule has 2 amide bonds. The fraction of sp³-hybridized carbons (Fsp3) is 0.467. The molecule has 0 aromatic heterocycles. The second-order valence-electron chi connectivity index (χ2n) is 5.50. The lowest BCUT2D eigenvalue weighted by Gasteiger charge is -2.22. The van der Waals surface area contributed by atoms with Crippen molar-refractivity contribution in [2.24, 2.45) is 0 Å². The summed E-state index contributed by atoms with van der Waals surface area (Å²) < 4.78 is 27.9. The van der Waals surface area contributed by atoms with E-state index >= 15 is 0 Å². The standard InChI is InChI=1S/C15H20N2O5S/c1-17(12-7-8-23(20,21)10-12)15(19)14(18)16-9-11-3-5-13(22-2)6-4-11/h3-6,12H,7-10H2,1-2H3,(H,16,18). The van der Waals surface area contributed by atoms with E-state index in [1.165, 1.54) is 11.9 Å². The Kier molecular flexibility index (Phi) is 5.25. The SMILES string of the molecule is COc1ccc(CNC(=O)C(=O)N(C)C2CCS(=O)(=O)C2)cc1. The minimum absolute atomic E-state index is 0.0583. The van der Waals surface area contributed by atoms with Crippen LogP contribution in [0.4, 0.5) is 0 Å². The lowest BCUT2D eigenvalue weighted by Crippen LogP contribution is -2.46. The zero-order valence-corrected chi connectivity index (χ0v) is 13.9. The number of hydrogen-bond acceptors (Lipinski definition) is 5. The fourth-order valence-electron chi connectivity index (χ4n) is 2.41. The van der Waals surface area contributed by atoms with Gasteiger partial charge in [-0.2, -0.15) is 0 Å². The molecular formula is C15H20N2O5S.